The molecule has 1 aliphatic rings. The lowest BCUT2D eigenvalue weighted by Gasteiger charge is -2.34. The van der Waals surface area contributed by atoms with Crippen molar-refractivity contribution >= 4 is 38.6 Å². The number of rotatable bonds is 2. The molecule has 2 aromatic heterocycles. The molecule has 0 aliphatic carbocycles. The van der Waals surface area contributed by atoms with Crippen molar-refractivity contribution in [3.05, 3.63) is 58.7 Å². The topological polar surface area (TPSA) is 71.3 Å². The molecule has 2 amide bonds. The number of aromatic nitrogens is 3. The summed E-state index contributed by atoms with van der Waals surface area (Å²) in [5.74, 6) is -0.187. The number of nitrogens with zero attached hydrogens (tertiary/aromatic N) is 5. The maximum absolute atomic E-state index is 13.1. The van der Waals surface area contributed by atoms with Crippen LogP contribution in [-0.4, -0.2) is 62.3 Å². The zero-order chi connectivity index (χ0) is 19.0. The van der Waals surface area contributed by atoms with Crippen molar-refractivity contribution in [1.82, 2.24) is 24.3 Å². The Morgan fingerprint density at radius 3 is 2.30 bits per heavy atom. The van der Waals surface area contributed by atoms with Crippen LogP contribution < -0.4 is 0 Å². The van der Waals surface area contributed by atoms with Gasteiger partial charge in [-0.2, -0.15) is 0 Å². The number of hydrogen-bond donors (Lipinski definition) is 0. The Bertz CT molecular complexity index is 971. The van der Waals surface area contributed by atoms with E-state index in [4.69, 9.17) is 0 Å². The highest BCUT2D eigenvalue weighted by Crippen LogP contribution is 2.31. The van der Waals surface area contributed by atoms with Crippen LogP contribution in [0.4, 0.5) is 0 Å². The number of carbonyl (C=O) groups is 2. The second-order valence-corrected chi connectivity index (χ2v) is 7.21. The van der Waals surface area contributed by atoms with Crippen LogP contribution in [0.25, 0.3) is 10.9 Å². The minimum absolute atomic E-state index is 0.0350. The molecule has 0 radical (unpaired) electrons. The standard InChI is InChI=1S/C19H18BrN5O2/c1-23-15-5-3-2-4-13(15)16(20)17(23)19(27)25-10-8-24(9-11-25)18(26)14-12-21-6-7-22-14/h2-7,12H,8-11H2,1H3. The first-order valence-corrected chi connectivity index (χ1v) is 9.44. The van der Waals surface area contributed by atoms with Crippen LogP contribution in [0.1, 0.15) is 21.0 Å². The number of carbonyl (C=O) groups excluding carboxylic acids is 2. The van der Waals surface area contributed by atoms with Crippen LogP contribution in [0.2, 0.25) is 0 Å². The molecule has 0 saturated carbocycles. The molecule has 8 heteroatoms. The molecule has 0 unspecified atom stereocenters. The van der Waals surface area contributed by atoms with Crippen molar-refractivity contribution in [2.75, 3.05) is 26.2 Å². The van der Waals surface area contributed by atoms with E-state index in [0.29, 0.717) is 37.6 Å². The van der Waals surface area contributed by atoms with E-state index in [1.165, 1.54) is 18.6 Å². The Kier molecular flexibility index (Phi) is 4.65. The lowest BCUT2D eigenvalue weighted by molar-refractivity contribution is 0.0526. The summed E-state index contributed by atoms with van der Waals surface area (Å²) < 4.78 is 2.72. The molecule has 1 saturated heterocycles. The Labute approximate surface area is 164 Å². The molecule has 3 aromatic rings. The number of benzene rings is 1. The predicted molar refractivity (Wildman–Crippen MR) is 104 cm³/mol. The number of amides is 2. The van der Waals surface area contributed by atoms with Gasteiger partial charge in [0.25, 0.3) is 11.8 Å². The van der Waals surface area contributed by atoms with Gasteiger partial charge in [0.2, 0.25) is 0 Å². The fraction of sp³-hybridized carbons (Fsp3) is 0.263. The van der Waals surface area contributed by atoms with E-state index in [1.54, 1.807) is 9.80 Å². The molecule has 4 rings (SSSR count). The monoisotopic (exact) mass is 427 g/mol. The molecule has 7 nitrogen and oxygen atoms in total. The van der Waals surface area contributed by atoms with Gasteiger partial charge in [-0.1, -0.05) is 18.2 Å². The summed E-state index contributed by atoms with van der Waals surface area (Å²) in [6, 6.07) is 7.90. The van der Waals surface area contributed by atoms with Crippen molar-refractivity contribution < 1.29 is 9.59 Å². The molecule has 0 bridgehead atoms. The highest BCUT2D eigenvalue weighted by molar-refractivity contribution is 9.10. The van der Waals surface area contributed by atoms with Crippen LogP contribution in [0.15, 0.2) is 47.3 Å². The minimum Gasteiger partial charge on any atom is -0.339 e. The van der Waals surface area contributed by atoms with Gasteiger partial charge in [0, 0.05) is 56.5 Å². The number of para-hydroxylation sites is 1. The Morgan fingerprint density at radius 1 is 1.00 bits per heavy atom. The van der Waals surface area contributed by atoms with Crippen LogP contribution in [-0.2, 0) is 7.05 Å². The molecular weight excluding hydrogens is 410 g/mol. The molecule has 1 aromatic carbocycles. The molecule has 1 aliphatic heterocycles. The van der Waals surface area contributed by atoms with E-state index in [0.717, 1.165) is 15.4 Å². The summed E-state index contributed by atoms with van der Waals surface area (Å²) in [7, 11) is 1.90. The minimum atomic E-state index is -0.152. The van der Waals surface area contributed by atoms with Crippen LogP contribution >= 0.6 is 15.9 Å². The predicted octanol–water partition coefficient (Wildman–Crippen LogP) is 2.33. The first kappa shape index (κ1) is 17.7. The van der Waals surface area contributed by atoms with Crippen LogP contribution in [0.3, 0.4) is 0 Å². The van der Waals surface area contributed by atoms with Gasteiger partial charge in [-0.05, 0) is 22.0 Å². The van der Waals surface area contributed by atoms with Crippen molar-refractivity contribution in [3.63, 3.8) is 0 Å². The fourth-order valence-corrected chi connectivity index (χ4v) is 4.19. The Hall–Kier alpha value is -2.74. The summed E-state index contributed by atoms with van der Waals surface area (Å²) >= 11 is 3.59. The third-order valence-corrected chi connectivity index (χ3v) is 5.69. The zero-order valence-electron chi connectivity index (χ0n) is 14.8. The van der Waals surface area contributed by atoms with Crippen molar-refractivity contribution in [1.29, 1.82) is 0 Å². The molecule has 0 atom stereocenters. The van der Waals surface area contributed by atoms with Gasteiger partial charge in [-0.3, -0.25) is 14.6 Å². The van der Waals surface area contributed by atoms with Gasteiger partial charge < -0.3 is 14.4 Å². The summed E-state index contributed by atoms with van der Waals surface area (Å²) in [6.45, 7) is 1.92. The molecule has 0 N–H and O–H groups in total. The quantitative estimate of drug-likeness (QED) is 0.628. The highest BCUT2D eigenvalue weighted by Gasteiger charge is 2.29. The van der Waals surface area contributed by atoms with E-state index < -0.39 is 0 Å². The smallest absolute Gasteiger partial charge is 0.274 e. The van der Waals surface area contributed by atoms with E-state index in [-0.39, 0.29) is 11.8 Å². The zero-order valence-corrected chi connectivity index (χ0v) is 16.4. The second-order valence-electron chi connectivity index (χ2n) is 6.41. The normalized spacial score (nSPS) is 14.6. The molecule has 138 valence electrons. The largest absolute Gasteiger partial charge is 0.339 e. The second kappa shape index (κ2) is 7.11. The van der Waals surface area contributed by atoms with E-state index >= 15 is 0 Å². The number of aryl methyl sites for hydroxylation is 1. The van der Waals surface area contributed by atoms with Crippen LogP contribution in [0, 0.1) is 0 Å². The summed E-state index contributed by atoms with van der Waals surface area (Å²) in [6.07, 6.45) is 4.51. The number of halogens is 1. The Morgan fingerprint density at radius 2 is 1.67 bits per heavy atom. The van der Waals surface area contributed by atoms with E-state index in [9.17, 15) is 9.59 Å². The van der Waals surface area contributed by atoms with Crippen LogP contribution in [0.5, 0.6) is 0 Å². The molecular formula is C19H18BrN5O2. The van der Waals surface area contributed by atoms with Gasteiger partial charge in [0.05, 0.1) is 10.7 Å². The van der Waals surface area contributed by atoms with Crippen molar-refractivity contribution in [3.8, 4) is 0 Å². The van der Waals surface area contributed by atoms with Gasteiger partial charge >= 0.3 is 0 Å². The first-order chi connectivity index (χ1) is 13.1. The van der Waals surface area contributed by atoms with Gasteiger partial charge in [-0.25, -0.2) is 4.98 Å². The third kappa shape index (κ3) is 3.10. The maximum atomic E-state index is 13.1. The summed E-state index contributed by atoms with van der Waals surface area (Å²) in [4.78, 5) is 37.1. The van der Waals surface area contributed by atoms with Crippen molar-refractivity contribution in [2.24, 2.45) is 7.05 Å². The first-order valence-electron chi connectivity index (χ1n) is 8.65. The maximum Gasteiger partial charge on any atom is 0.274 e. The van der Waals surface area contributed by atoms with E-state index in [1.807, 2.05) is 35.9 Å². The molecule has 0 spiro atoms. The van der Waals surface area contributed by atoms with Gasteiger partial charge in [-0.15, -0.1) is 0 Å². The Balaban J connectivity index is 1.50. The molecule has 1 fully saturated rings. The SMILES string of the molecule is Cn1c(C(=O)N2CCN(C(=O)c3cnccn3)CC2)c(Br)c2ccccc21. The number of fused-ring (bicyclic) bond motifs is 1. The summed E-state index contributed by atoms with van der Waals surface area (Å²) in [5.41, 5.74) is 1.96. The fourth-order valence-electron chi connectivity index (χ4n) is 3.42. The third-order valence-electron chi connectivity index (χ3n) is 4.88. The molecule has 27 heavy (non-hydrogen) atoms. The van der Waals surface area contributed by atoms with Gasteiger partial charge in [0.1, 0.15) is 11.4 Å². The average molecular weight is 428 g/mol. The van der Waals surface area contributed by atoms with Crippen molar-refractivity contribution in [2.45, 2.75) is 0 Å². The van der Waals surface area contributed by atoms with Gasteiger partial charge in [0.15, 0.2) is 0 Å². The summed E-state index contributed by atoms with van der Waals surface area (Å²) in [5, 5.41) is 1.01. The highest BCUT2D eigenvalue weighted by atomic mass is 79.9. The molecule has 3 heterocycles. The average Bonchev–Trinajstić information content (AvgIpc) is 2.98. The number of hydrogen-bond acceptors (Lipinski definition) is 4. The lowest BCUT2D eigenvalue weighted by Crippen LogP contribution is -2.51. The lowest BCUT2D eigenvalue weighted by atomic mass is 10.2. The number of piperazine rings is 1. The van der Waals surface area contributed by atoms with E-state index in [2.05, 4.69) is 25.9 Å².